The largest absolute Gasteiger partial charge is 0.478 e. The van der Waals surface area contributed by atoms with Gasteiger partial charge in [-0.1, -0.05) is 18.6 Å². The van der Waals surface area contributed by atoms with Gasteiger partial charge in [-0.3, -0.25) is 5.43 Å². The minimum absolute atomic E-state index is 0.126. The molecule has 3 N–H and O–H groups in total. The van der Waals surface area contributed by atoms with E-state index in [0.717, 1.165) is 25.9 Å². The normalized spacial score (nSPS) is 15.7. The number of carboxylic acid groups (broad SMARTS) is 1. The van der Waals surface area contributed by atoms with Crippen molar-refractivity contribution >= 4 is 17.7 Å². The molecule has 1 fully saturated rings. The number of carboxylic acids is 1. The Kier molecular flexibility index (Phi) is 4.57. The zero-order valence-electron chi connectivity index (χ0n) is 11.5. The quantitative estimate of drug-likeness (QED) is 0.791. The van der Waals surface area contributed by atoms with Crippen molar-refractivity contribution in [1.82, 2.24) is 10.4 Å². The SMILES string of the molecule is Cc1cccc(NC(=O)NN2CCCCC2)c1C(=O)O. The Morgan fingerprint density at radius 2 is 1.90 bits per heavy atom. The third kappa shape index (κ3) is 3.48. The Morgan fingerprint density at radius 3 is 2.55 bits per heavy atom. The highest BCUT2D eigenvalue weighted by molar-refractivity contribution is 6.01. The molecule has 108 valence electrons. The number of benzene rings is 1. The lowest BCUT2D eigenvalue weighted by Gasteiger charge is -2.26. The minimum Gasteiger partial charge on any atom is -0.478 e. The molecule has 1 aromatic rings. The average Bonchev–Trinajstić information content (AvgIpc) is 2.39. The number of carbonyl (C=O) groups excluding carboxylic acids is 1. The zero-order valence-corrected chi connectivity index (χ0v) is 11.5. The molecule has 1 aromatic carbocycles. The van der Waals surface area contributed by atoms with Gasteiger partial charge < -0.3 is 10.4 Å². The fourth-order valence-electron chi connectivity index (χ4n) is 2.36. The van der Waals surface area contributed by atoms with Crippen molar-refractivity contribution < 1.29 is 14.7 Å². The van der Waals surface area contributed by atoms with Gasteiger partial charge >= 0.3 is 12.0 Å². The highest BCUT2D eigenvalue weighted by Crippen LogP contribution is 2.19. The van der Waals surface area contributed by atoms with Crippen molar-refractivity contribution in [2.75, 3.05) is 18.4 Å². The Hall–Kier alpha value is -2.08. The Balaban J connectivity index is 2.04. The van der Waals surface area contributed by atoms with Crippen LogP contribution in [0.5, 0.6) is 0 Å². The molecule has 1 saturated heterocycles. The number of nitrogens with zero attached hydrogens (tertiary/aromatic N) is 1. The minimum atomic E-state index is -1.05. The molecule has 0 unspecified atom stereocenters. The molecule has 0 radical (unpaired) electrons. The maximum absolute atomic E-state index is 11.9. The summed E-state index contributed by atoms with van der Waals surface area (Å²) in [5, 5.41) is 13.7. The Morgan fingerprint density at radius 1 is 1.20 bits per heavy atom. The van der Waals surface area contributed by atoms with Crippen molar-refractivity contribution in [2.24, 2.45) is 0 Å². The highest BCUT2D eigenvalue weighted by atomic mass is 16.4. The summed E-state index contributed by atoms with van der Waals surface area (Å²) in [6, 6.07) is 4.61. The summed E-state index contributed by atoms with van der Waals surface area (Å²) in [6.07, 6.45) is 3.30. The van der Waals surface area contributed by atoms with Gasteiger partial charge in [0, 0.05) is 13.1 Å². The number of piperidine rings is 1. The van der Waals surface area contributed by atoms with Crippen LogP contribution in [0.4, 0.5) is 10.5 Å². The number of aryl methyl sites for hydroxylation is 1. The van der Waals surface area contributed by atoms with E-state index < -0.39 is 12.0 Å². The van der Waals surface area contributed by atoms with Crippen LogP contribution in [-0.2, 0) is 0 Å². The van der Waals surface area contributed by atoms with Crippen LogP contribution in [0.3, 0.4) is 0 Å². The van der Waals surface area contributed by atoms with Crippen molar-refractivity contribution in [3.8, 4) is 0 Å². The Bertz CT molecular complexity index is 510. The first-order chi connectivity index (χ1) is 9.58. The number of amides is 2. The molecule has 0 saturated carbocycles. The number of anilines is 1. The second-order valence-electron chi connectivity index (χ2n) is 4.92. The maximum Gasteiger partial charge on any atom is 0.338 e. The molecule has 1 heterocycles. The summed E-state index contributed by atoms with van der Waals surface area (Å²) in [5.41, 5.74) is 3.80. The van der Waals surface area contributed by atoms with E-state index in [1.807, 2.05) is 5.01 Å². The molecule has 6 nitrogen and oxygen atoms in total. The van der Waals surface area contributed by atoms with Crippen LogP contribution in [0, 0.1) is 6.92 Å². The van der Waals surface area contributed by atoms with Crippen LogP contribution in [0.2, 0.25) is 0 Å². The van der Waals surface area contributed by atoms with Gasteiger partial charge in [0.1, 0.15) is 0 Å². The first-order valence-electron chi connectivity index (χ1n) is 6.73. The van der Waals surface area contributed by atoms with Crippen LogP contribution in [0.1, 0.15) is 35.2 Å². The van der Waals surface area contributed by atoms with Crippen molar-refractivity contribution in [3.05, 3.63) is 29.3 Å². The third-order valence-corrected chi connectivity index (χ3v) is 3.35. The summed E-state index contributed by atoms with van der Waals surface area (Å²) in [6.45, 7) is 3.36. The number of rotatable bonds is 3. The van der Waals surface area contributed by atoms with Gasteiger partial charge in [0.2, 0.25) is 0 Å². The summed E-state index contributed by atoms with van der Waals surface area (Å²) >= 11 is 0. The van der Waals surface area contributed by atoms with Gasteiger partial charge in [-0.15, -0.1) is 0 Å². The number of hydrogen-bond acceptors (Lipinski definition) is 3. The van der Waals surface area contributed by atoms with Gasteiger partial charge in [-0.2, -0.15) is 0 Å². The van der Waals surface area contributed by atoms with E-state index in [4.69, 9.17) is 0 Å². The van der Waals surface area contributed by atoms with Crippen LogP contribution in [0.25, 0.3) is 0 Å². The van der Waals surface area contributed by atoms with E-state index in [1.165, 1.54) is 6.42 Å². The molecule has 0 aromatic heterocycles. The summed E-state index contributed by atoms with van der Waals surface area (Å²) < 4.78 is 0. The van der Waals surface area contributed by atoms with E-state index >= 15 is 0 Å². The molecular weight excluding hydrogens is 258 g/mol. The second kappa shape index (κ2) is 6.38. The molecule has 0 atom stereocenters. The third-order valence-electron chi connectivity index (χ3n) is 3.35. The molecule has 0 bridgehead atoms. The van der Waals surface area contributed by atoms with Gasteiger partial charge in [0.25, 0.3) is 0 Å². The number of nitrogens with one attached hydrogen (secondary N) is 2. The standard InChI is InChI=1S/C14H19N3O3/c1-10-6-5-7-11(12(10)13(18)19)15-14(20)16-17-8-3-2-4-9-17/h5-7H,2-4,8-9H2,1H3,(H,18,19)(H2,15,16,20). The molecule has 1 aliphatic rings. The lowest BCUT2D eigenvalue weighted by atomic mass is 10.1. The smallest absolute Gasteiger partial charge is 0.338 e. The molecule has 1 aliphatic heterocycles. The molecule has 0 aliphatic carbocycles. The predicted molar refractivity (Wildman–Crippen MR) is 75.7 cm³/mol. The second-order valence-corrected chi connectivity index (χ2v) is 4.92. The molecule has 2 amide bonds. The molecule has 20 heavy (non-hydrogen) atoms. The van der Waals surface area contributed by atoms with Crippen molar-refractivity contribution in [3.63, 3.8) is 0 Å². The number of urea groups is 1. The number of hydrogen-bond donors (Lipinski definition) is 3. The molecule has 6 heteroatoms. The molecular formula is C14H19N3O3. The van der Waals surface area contributed by atoms with Gasteiger partial charge in [0.05, 0.1) is 11.3 Å². The maximum atomic E-state index is 11.9. The fraction of sp³-hybridized carbons (Fsp3) is 0.429. The van der Waals surface area contributed by atoms with Crippen molar-refractivity contribution in [1.29, 1.82) is 0 Å². The molecule has 2 rings (SSSR count). The van der Waals surface area contributed by atoms with E-state index in [0.29, 0.717) is 11.3 Å². The summed E-state index contributed by atoms with van der Waals surface area (Å²) in [4.78, 5) is 23.1. The van der Waals surface area contributed by atoms with Gasteiger partial charge in [-0.05, 0) is 31.4 Å². The number of carbonyl (C=O) groups is 2. The number of hydrazine groups is 1. The predicted octanol–water partition coefficient (Wildman–Crippen LogP) is 2.22. The first kappa shape index (κ1) is 14.3. The zero-order chi connectivity index (χ0) is 14.5. The van der Waals surface area contributed by atoms with Crippen LogP contribution in [-0.4, -0.2) is 35.2 Å². The topological polar surface area (TPSA) is 81.7 Å². The number of aromatic carboxylic acids is 1. The molecule has 0 spiro atoms. The van der Waals surface area contributed by atoms with Gasteiger partial charge in [0.15, 0.2) is 0 Å². The Labute approximate surface area is 117 Å². The lowest BCUT2D eigenvalue weighted by Crippen LogP contribution is -2.46. The first-order valence-corrected chi connectivity index (χ1v) is 6.73. The van der Waals surface area contributed by atoms with Crippen molar-refractivity contribution in [2.45, 2.75) is 26.2 Å². The lowest BCUT2D eigenvalue weighted by molar-refractivity contribution is 0.0697. The van der Waals surface area contributed by atoms with E-state index in [1.54, 1.807) is 25.1 Å². The van der Waals surface area contributed by atoms with Crippen LogP contribution < -0.4 is 10.7 Å². The monoisotopic (exact) mass is 277 g/mol. The average molecular weight is 277 g/mol. The fourth-order valence-corrected chi connectivity index (χ4v) is 2.36. The van der Waals surface area contributed by atoms with E-state index in [9.17, 15) is 14.7 Å². The summed E-state index contributed by atoms with van der Waals surface area (Å²) in [7, 11) is 0. The van der Waals surface area contributed by atoms with E-state index in [2.05, 4.69) is 10.7 Å². The van der Waals surface area contributed by atoms with Crippen LogP contribution >= 0.6 is 0 Å². The summed E-state index contributed by atoms with van der Waals surface area (Å²) in [5.74, 6) is -1.05. The van der Waals surface area contributed by atoms with Gasteiger partial charge in [-0.25, -0.2) is 14.6 Å². The highest BCUT2D eigenvalue weighted by Gasteiger charge is 2.17. The van der Waals surface area contributed by atoms with E-state index in [-0.39, 0.29) is 5.56 Å². The van der Waals surface area contributed by atoms with Crippen LogP contribution in [0.15, 0.2) is 18.2 Å².